The first-order valence-corrected chi connectivity index (χ1v) is 22.7. The fourth-order valence-electron chi connectivity index (χ4n) is 6.86. The van der Waals surface area contributed by atoms with Crippen LogP contribution in [0.3, 0.4) is 0 Å². The maximum atomic E-state index is 12.4. The zero-order valence-corrected chi connectivity index (χ0v) is 34.4. The lowest BCUT2D eigenvalue weighted by Crippen LogP contribution is -2.45. The minimum Gasteiger partial charge on any atom is -0.394 e. The van der Waals surface area contributed by atoms with E-state index in [1.54, 1.807) is 6.08 Å². The number of unbranched alkanes of at least 4 members (excludes halogenated alkanes) is 30. The number of hydrogen-bond acceptors (Lipinski definition) is 3. The van der Waals surface area contributed by atoms with Crippen LogP contribution < -0.4 is 5.32 Å². The molecule has 4 nitrogen and oxygen atoms in total. The summed E-state index contributed by atoms with van der Waals surface area (Å²) in [6.45, 7) is 4.29. The van der Waals surface area contributed by atoms with Crippen molar-refractivity contribution in [3.63, 3.8) is 0 Å². The topological polar surface area (TPSA) is 69.6 Å². The van der Waals surface area contributed by atoms with E-state index in [0.717, 1.165) is 32.1 Å². The number of amides is 1. The van der Waals surface area contributed by atoms with Gasteiger partial charge in [0.05, 0.1) is 18.8 Å². The fourth-order valence-corrected chi connectivity index (χ4v) is 6.86. The molecular weight excluding hydrogens is 627 g/mol. The molecule has 4 heteroatoms. The molecule has 0 spiro atoms. The fraction of sp³-hybridized carbons (Fsp3) is 0.851. The molecule has 0 aromatic carbocycles. The SMILES string of the molecule is CCCCCCC/C=C\C/C=C\CCCCCCCCCCCCCCCCCC(=O)NC(CO)C(O)/C=C/CCCCCCCCCCCC. The van der Waals surface area contributed by atoms with Gasteiger partial charge in [-0.3, -0.25) is 4.79 Å². The highest BCUT2D eigenvalue weighted by Gasteiger charge is 2.17. The second-order valence-electron chi connectivity index (χ2n) is 15.5. The molecule has 1 amide bonds. The van der Waals surface area contributed by atoms with Gasteiger partial charge in [-0.2, -0.15) is 0 Å². The van der Waals surface area contributed by atoms with Crippen LogP contribution in [-0.4, -0.2) is 34.9 Å². The van der Waals surface area contributed by atoms with Gasteiger partial charge in [0, 0.05) is 6.42 Å². The van der Waals surface area contributed by atoms with Crippen LogP contribution in [-0.2, 0) is 4.79 Å². The molecule has 300 valence electrons. The molecule has 0 fully saturated rings. The van der Waals surface area contributed by atoms with Crippen LogP contribution >= 0.6 is 0 Å². The van der Waals surface area contributed by atoms with Crippen LogP contribution in [0.1, 0.15) is 239 Å². The van der Waals surface area contributed by atoms with E-state index in [-0.39, 0.29) is 12.5 Å². The Morgan fingerprint density at radius 3 is 1.18 bits per heavy atom. The molecule has 51 heavy (non-hydrogen) atoms. The number of carbonyl (C=O) groups excluding carboxylic acids is 1. The van der Waals surface area contributed by atoms with Gasteiger partial charge in [0.25, 0.3) is 0 Å². The second kappa shape index (κ2) is 43.0. The summed E-state index contributed by atoms with van der Waals surface area (Å²) >= 11 is 0. The standard InChI is InChI=1S/C47H89NO3/c1-3-5-7-9-11-13-15-17-18-19-20-21-22-23-24-25-26-27-28-29-30-31-33-35-37-39-41-43-47(51)48-45(44-49)46(50)42-40-38-36-34-32-16-14-12-10-8-6-4-2/h15,17,19-20,40,42,45-46,49-50H,3-14,16,18,21-39,41,43-44H2,1-2H3,(H,48,51)/b17-15-,20-19-,42-40+. The first-order valence-electron chi connectivity index (χ1n) is 22.7. The van der Waals surface area contributed by atoms with Crippen LogP contribution in [0, 0.1) is 0 Å². The number of aliphatic hydroxyl groups is 2. The zero-order chi connectivity index (χ0) is 37.1. The Bertz CT molecular complexity index is 775. The van der Waals surface area contributed by atoms with Gasteiger partial charge in [0.15, 0.2) is 0 Å². The third kappa shape index (κ3) is 39.6. The van der Waals surface area contributed by atoms with E-state index in [2.05, 4.69) is 43.5 Å². The van der Waals surface area contributed by atoms with E-state index in [0.29, 0.717) is 6.42 Å². The van der Waals surface area contributed by atoms with Gasteiger partial charge in [-0.1, -0.05) is 217 Å². The lowest BCUT2D eigenvalue weighted by Gasteiger charge is -2.20. The van der Waals surface area contributed by atoms with Crippen LogP contribution in [0.4, 0.5) is 0 Å². The van der Waals surface area contributed by atoms with E-state index in [1.165, 1.54) is 186 Å². The third-order valence-corrected chi connectivity index (χ3v) is 10.4. The van der Waals surface area contributed by atoms with Crippen LogP contribution in [0.2, 0.25) is 0 Å². The highest BCUT2D eigenvalue weighted by Crippen LogP contribution is 2.15. The number of rotatable bonds is 41. The van der Waals surface area contributed by atoms with E-state index in [4.69, 9.17) is 0 Å². The second-order valence-corrected chi connectivity index (χ2v) is 15.5. The Balaban J connectivity index is 3.49. The van der Waals surface area contributed by atoms with Crippen molar-refractivity contribution in [3.8, 4) is 0 Å². The third-order valence-electron chi connectivity index (χ3n) is 10.4. The molecule has 0 saturated heterocycles. The summed E-state index contributed by atoms with van der Waals surface area (Å²) in [5.74, 6) is -0.0641. The van der Waals surface area contributed by atoms with Gasteiger partial charge >= 0.3 is 0 Å². The van der Waals surface area contributed by atoms with E-state index >= 15 is 0 Å². The molecule has 0 aliphatic rings. The van der Waals surface area contributed by atoms with Gasteiger partial charge in [-0.05, 0) is 51.4 Å². The summed E-state index contributed by atoms with van der Waals surface area (Å²) in [5, 5.41) is 23.0. The first kappa shape index (κ1) is 49.6. The molecule has 0 bridgehead atoms. The summed E-state index contributed by atoms with van der Waals surface area (Å²) in [6.07, 6.45) is 56.9. The molecule has 3 N–H and O–H groups in total. The smallest absolute Gasteiger partial charge is 0.220 e. The molecule has 2 unspecified atom stereocenters. The maximum Gasteiger partial charge on any atom is 0.220 e. The Kier molecular flexibility index (Phi) is 41.8. The molecule has 0 aromatic rings. The molecule has 0 aromatic heterocycles. The van der Waals surface area contributed by atoms with Gasteiger partial charge in [-0.25, -0.2) is 0 Å². The Morgan fingerprint density at radius 1 is 0.471 bits per heavy atom. The minimum absolute atomic E-state index is 0.0641. The van der Waals surface area contributed by atoms with E-state index in [9.17, 15) is 15.0 Å². The lowest BCUT2D eigenvalue weighted by atomic mass is 10.0. The van der Waals surface area contributed by atoms with E-state index < -0.39 is 12.1 Å². The predicted molar refractivity (Wildman–Crippen MR) is 225 cm³/mol. The zero-order valence-electron chi connectivity index (χ0n) is 34.4. The average molecular weight is 716 g/mol. The molecule has 0 heterocycles. The quantitative estimate of drug-likeness (QED) is 0.0436. The molecule has 2 atom stereocenters. The highest BCUT2D eigenvalue weighted by atomic mass is 16.3. The van der Waals surface area contributed by atoms with Gasteiger partial charge < -0.3 is 15.5 Å². The molecule has 0 aliphatic heterocycles. The summed E-state index contributed by atoms with van der Waals surface area (Å²) < 4.78 is 0. The van der Waals surface area contributed by atoms with E-state index in [1.807, 2.05) is 6.08 Å². The van der Waals surface area contributed by atoms with Crippen molar-refractivity contribution in [2.45, 2.75) is 251 Å². The maximum absolute atomic E-state index is 12.4. The van der Waals surface area contributed by atoms with Crippen molar-refractivity contribution in [2.75, 3.05) is 6.61 Å². The summed E-state index contributed by atoms with van der Waals surface area (Å²) in [5.41, 5.74) is 0. The number of carbonyl (C=O) groups is 1. The lowest BCUT2D eigenvalue weighted by molar-refractivity contribution is -0.123. The van der Waals surface area contributed by atoms with Crippen molar-refractivity contribution in [2.24, 2.45) is 0 Å². The van der Waals surface area contributed by atoms with Crippen LogP contribution in [0.15, 0.2) is 36.5 Å². The van der Waals surface area contributed by atoms with Gasteiger partial charge in [-0.15, -0.1) is 0 Å². The summed E-state index contributed by atoms with van der Waals surface area (Å²) in [6, 6.07) is -0.619. The van der Waals surface area contributed by atoms with Crippen molar-refractivity contribution in [3.05, 3.63) is 36.5 Å². The highest BCUT2D eigenvalue weighted by molar-refractivity contribution is 5.76. The van der Waals surface area contributed by atoms with Crippen molar-refractivity contribution < 1.29 is 15.0 Å². The van der Waals surface area contributed by atoms with Crippen molar-refractivity contribution in [1.29, 1.82) is 0 Å². The number of nitrogens with one attached hydrogen (secondary N) is 1. The van der Waals surface area contributed by atoms with Crippen LogP contribution in [0.25, 0.3) is 0 Å². The Hall–Kier alpha value is -1.39. The van der Waals surface area contributed by atoms with Crippen LogP contribution in [0.5, 0.6) is 0 Å². The normalized spacial score (nSPS) is 13.3. The van der Waals surface area contributed by atoms with Crippen molar-refractivity contribution in [1.82, 2.24) is 5.32 Å². The summed E-state index contributed by atoms with van der Waals surface area (Å²) in [7, 11) is 0. The predicted octanol–water partition coefficient (Wildman–Crippen LogP) is 14.2. The summed E-state index contributed by atoms with van der Waals surface area (Å²) in [4.78, 5) is 12.4. The van der Waals surface area contributed by atoms with Crippen molar-refractivity contribution >= 4 is 5.91 Å². The molecule has 0 radical (unpaired) electrons. The monoisotopic (exact) mass is 716 g/mol. The van der Waals surface area contributed by atoms with Gasteiger partial charge in [0.2, 0.25) is 5.91 Å². The molecule has 0 aliphatic carbocycles. The Labute approximate surface area is 319 Å². The molecule has 0 rings (SSSR count). The van der Waals surface area contributed by atoms with Gasteiger partial charge in [0.1, 0.15) is 0 Å². The number of allylic oxidation sites excluding steroid dienone is 5. The number of hydrogen-bond donors (Lipinski definition) is 3. The molecule has 0 saturated carbocycles. The number of aliphatic hydroxyl groups excluding tert-OH is 2. The Morgan fingerprint density at radius 2 is 0.804 bits per heavy atom. The largest absolute Gasteiger partial charge is 0.394 e. The molecular formula is C47H89NO3. The average Bonchev–Trinajstić information content (AvgIpc) is 3.13. The first-order chi connectivity index (χ1) is 25.2. The minimum atomic E-state index is -0.836.